The van der Waals surface area contributed by atoms with Gasteiger partial charge in [0, 0.05) is 18.3 Å². The van der Waals surface area contributed by atoms with Gasteiger partial charge in [0.05, 0.1) is 22.1 Å². The van der Waals surface area contributed by atoms with Gasteiger partial charge in [0.1, 0.15) is 0 Å². The number of carboxylic acid groups (broad SMARTS) is 1. The molecule has 1 heterocycles. The third-order valence-corrected chi connectivity index (χ3v) is 2.48. The van der Waals surface area contributed by atoms with Crippen molar-refractivity contribution in [2.45, 2.75) is 0 Å². The van der Waals surface area contributed by atoms with Crippen molar-refractivity contribution in [1.82, 2.24) is 4.98 Å². The van der Waals surface area contributed by atoms with E-state index in [-0.39, 0.29) is 22.8 Å². The van der Waals surface area contributed by atoms with E-state index in [1.165, 1.54) is 24.4 Å². The number of aromatic nitrogens is 1. The summed E-state index contributed by atoms with van der Waals surface area (Å²) in [5.41, 5.74) is -0.353. The molecule has 0 atom stereocenters. The van der Waals surface area contributed by atoms with Crippen LogP contribution in [0.3, 0.4) is 0 Å². The Bertz CT molecular complexity index is 767. The highest BCUT2D eigenvalue weighted by molar-refractivity contribution is 5.87. The van der Waals surface area contributed by atoms with Gasteiger partial charge < -0.3 is 9.84 Å². The van der Waals surface area contributed by atoms with Crippen LogP contribution in [0.1, 0.15) is 15.9 Å². The first-order valence-electron chi connectivity index (χ1n) is 5.57. The van der Waals surface area contributed by atoms with E-state index in [9.17, 15) is 14.9 Å². The Morgan fingerprint density at radius 1 is 1.38 bits per heavy atom. The standard InChI is InChI=1S/C13H7N3O5/c14-7-8-1-2-11(10(5-8)16(19)20)21-12-6-9(13(17)18)3-4-15-12/h1-6H,(H,17,18). The highest BCUT2D eigenvalue weighted by Gasteiger charge is 2.17. The molecule has 104 valence electrons. The molecule has 0 fully saturated rings. The average Bonchev–Trinajstić information content (AvgIpc) is 2.47. The average molecular weight is 285 g/mol. The molecule has 1 N–H and O–H groups in total. The van der Waals surface area contributed by atoms with E-state index in [2.05, 4.69) is 4.98 Å². The molecular weight excluding hydrogens is 278 g/mol. The fraction of sp³-hybridized carbons (Fsp3) is 0. The summed E-state index contributed by atoms with van der Waals surface area (Å²) in [4.78, 5) is 24.9. The number of carbonyl (C=O) groups is 1. The highest BCUT2D eigenvalue weighted by Crippen LogP contribution is 2.31. The summed E-state index contributed by atoms with van der Waals surface area (Å²) in [6.45, 7) is 0. The second-order valence-electron chi connectivity index (χ2n) is 3.84. The molecule has 8 heteroatoms. The van der Waals surface area contributed by atoms with Gasteiger partial charge in [0.25, 0.3) is 0 Å². The summed E-state index contributed by atoms with van der Waals surface area (Å²) in [5, 5.41) is 28.5. The minimum atomic E-state index is -1.17. The number of nitro benzene ring substituents is 1. The normalized spacial score (nSPS) is 9.67. The lowest BCUT2D eigenvalue weighted by atomic mass is 10.2. The molecule has 0 spiro atoms. The Balaban J connectivity index is 2.40. The van der Waals surface area contributed by atoms with Crippen LogP contribution in [0.2, 0.25) is 0 Å². The summed E-state index contributed by atoms with van der Waals surface area (Å²) in [5.74, 6) is -1.40. The lowest BCUT2D eigenvalue weighted by Crippen LogP contribution is -1.99. The van der Waals surface area contributed by atoms with Gasteiger partial charge in [-0.3, -0.25) is 10.1 Å². The fourth-order valence-corrected chi connectivity index (χ4v) is 1.53. The molecule has 0 saturated heterocycles. The van der Waals surface area contributed by atoms with E-state index < -0.39 is 16.6 Å². The van der Waals surface area contributed by atoms with Crippen molar-refractivity contribution in [2.24, 2.45) is 0 Å². The van der Waals surface area contributed by atoms with E-state index in [4.69, 9.17) is 15.1 Å². The number of nitrogens with zero attached hydrogens (tertiary/aromatic N) is 3. The molecule has 2 aromatic rings. The zero-order valence-corrected chi connectivity index (χ0v) is 10.4. The van der Waals surface area contributed by atoms with Crippen LogP contribution in [0.25, 0.3) is 0 Å². The molecule has 0 saturated carbocycles. The third-order valence-electron chi connectivity index (χ3n) is 2.48. The first-order chi connectivity index (χ1) is 10.0. The number of hydrogen-bond acceptors (Lipinski definition) is 6. The maximum Gasteiger partial charge on any atom is 0.335 e. The number of nitriles is 1. The molecule has 0 unspecified atom stereocenters. The SMILES string of the molecule is N#Cc1ccc(Oc2cc(C(=O)O)ccn2)c([N+](=O)[O-])c1. The van der Waals surface area contributed by atoms with Gasteiger partial charge in [-0.25, -0.2) is 9.78 Å². The molecule has 21 heavy (non-hydrogen) atoms. The lowest BCUT2D eigenvalue weighted by molar-refractivity contribution is -0.385. The van der Waals surface area contributed by atoms with Gasteiger partial charge in [-0.1, -0.05) is 0 Å². The number of pyridine rings is 1. The Hall–Kier alpha value is -3.47. The zero-order chi connectivity index (χ0) is 15.4. The molecule has 0 aliphatic carbocycles. The van der Waals surface area contributed by atoms with E-state index in [1.807, 2.05) is 0 Å². The van der Waals surface area contributed by atoms with Gasteiger partial charge in [-0.05, 0) is 18.2 Å². The van der Waals surface area contributed by atoms with Gasteiger partial charge in [0.15, 0.2) is 0 Å². The number of benzene rings is 1. The monoisotopic (exact) mass is 285 g/mol. The second kappa shape index (κ2) is 5.66. The predicted octanol–water partition coefficient (Wildman–Crippen LogP) is 2.35. The number of aromatic carboxylic acids is 1. The molecule has 0 aliphatic heterocycles. The summed E-state index contributed by atoms with van der Waals surface area (Å²) in [6.07, 6.45) is 1.22. The molecule has 8 nitrogen and oxygen atoms in total. The van der Waals surface area contributed by atoms with E-state index in [0.717, 1.165) is 12.1 Å². The molecular formula is C13H7N3O5. The van der Waals surface area contributed by atoms with Crippen molar-refractivity contribution in [2.75, 3.05) is 0 Å². The Labute approximate surface area is 118 Å². The lowest BCUT2D eigenvalue weighted by Gasteiger charge is -2.06. The van der Waals surface area contributed by atoms with Crippen LogP contribution in [0.5, 0.6) is 11.6 Å². The van der Waals surface area contributed by atoms with Gasteiger partial charge >= 0.3 is 11.7 Å². The first kappa shape index (κ1) is 14.0. The van der Waals surface area contributed by atoms with Crippen LogP contribution in [0.15, 0.2) is 36.5 Å². The summed E-state index contributed by atoms with van der Waals surface area (Å²) < 4.78 is 5.24. The number of ether oxygens (including phenoxy) is 1. The minimum Gasteiger partial charge on any atom is -0.478 e. The fourth-order valence-electron chi connectivity index (χ4n) is 1.53. The molecule has 0 radical (unpaired) electrons. The largest absolute Gasteiger partial charge is 0.478 e. The number of rotatable bonds is 4. The second-order valence-corrected chi connectivity index (χ2v) is 3.84. The van der Waals surface area contributed by atoms with E-state index in [1.54, 1.807) is 6.07 Å². The van der Waals surface area contributed by atoms with Crippen LogP contribution in [0.4, 0.5) is 5.69 Å². The summed E-state index contributed by atoms with van der Waals surface area (Å²) in [7, 11) is 0. The van der Waals surface area contributed by atoms with E-state index in [0.29, 0.717) is 0 Å². The van der Waals surface area contributed by atoms with Crippen molar-refractivity contribution in [3.8, 4) is 17.7 Å². The maximum atomic E-state index is 11.0. The van der Waals surface area contributed by atoms with Gasteiger partial charge in [-0.2, -0.15) is 5.26 Å². The molecule has 2 rings (SSSR count). The van der Waals surface area contributed by atoms with Crippen LogP contribution < -0.4 is 4.74 Å². The van der Waals surface area contributed by atoms with Crippen LogP contribution >= 0.6 is 0 Å². The van der Waals surface area contributed by atoms with E-state index >= 15 is 0 Å². The number of hydrogen-bond donors (Lipinski definition) is 1. The molecule has 1 aromatic carbocycles. The van der Waals surface area contributed by atoms with Gasteiger partial charge in [0.2, 0.25) is 11.6 Å². The Morgan fingerprint density at radius 2 is 2.14 bits per heavy atom. The Morgan fingerprint density at radius 3 is 2.76 bits per heavy atom. The number of nitro groups is 1. The molecule has 0 bridgehead atoms. The molecule has 0 aliphatic rings. The summed E-state index contributed by atoms with van der Waals surface area (Å²) in [6, 6.07) is 7.87. The van der Waals surface area contributed by atoms with Crippen LogP contribution in [0, 0.1) is 21.4 Å². The first-order valence-corrected chi connectivity index (χ1v) is 5.57. The topological polar surface area (TPSA) is 126 Å². The third kappa shape index (κ3) is 3.10. The van der Waals surface area contributed by atoms with Gasteiger partial charge in [-0.15, -0.1) is 0 Å². The predicted molar refractivity (Wildman–Crippen MR) is 69.1 cm³/mol. The highest BCUT2D eigenvalue weighted by atomic mass is 16.6. The molecule has 1 aromatic heterocycles. The van der Waals surface area contributed by atoms with Crippen LogP contribution in [-0.4, -0.2) is 21.0 Å². The van der Waals surface area contributed by atoms with Crippen LogP contribution in [-0.2, 0) is 0 Å². The smallest absolute Gasteiger partial charge is 0.335 e. The summed E-state index contributed by atoms with van der Waals surface area (Å²) >= 11 is 0. The molecule has 0 amide bonds. The van der Waals surface area contributed by atoms with Crippen molar-refractivity contribution in [3.05, 3.63) is 57.8 Å². The van der Waals surface area contributed by atoms with Crippen molar-refractivity contribution in [3.63, 3.8) is 0 Å². The maximum absolute atomic E-state index is 11.0. The zero-order valence-electron chi connectivity index (χ0n) is 10.4. The van der Waals surface area contributed by atoms with Crippen molar-refractivity contribution >= 4 is 11.7 Å². The Kier molecular flexibility index (Phi) is 3.76. The number of carboxylic acids is 1. The van der Waals surface area contributed by atoms with Crippen molar-refractivity contribution in [1.29, 1.82) is 5.26 Å². The quantitative estimate of drug-likeness (QED) is 0.674. The minimum absolute atomic E-state index is 0.0590. The van der Waals surface area contributed by atoms with Crippen molar-refractivity contribution < 1.29 is 19.6 Å².